The average Bonchev–Trinajstić information content (AvgIpc) is 2.05. The lowest BCUT2D eigenvalue weighted by molar-refractivity contribution is -0.143. The Bertz CT molecular complexity index is 132. The first kappa shape index (κ1) is 11.0. The third kappa shape index (κ3) is 7.12. The van der Waals surface area contributed by atoms with E-state index in [0.717, 1.165) is 12.8 Å². The number of hydrogen-bond donors (Lipinski definition) is 0. The van der Waals surface area contributed by atoms with Crippen molar-refractivity contribution in [3.05, 3.63) is 12.8 Å². The molecule has 0 aromatic heterocycles. The summed E-state index contributed by atoms with van der Waals surface area (Å²) < 4.78 is 9.64. The summed E-state index contributed by atoms with van der Waals surface area (Å²) in [6, 6.07) is 0. The zero-order valence-electron chi connectivity index (χ0n) is 7.54. The Morgan fingerprint density at radius 2 is 2.25 bits per heavy atom. The summed E-state index contributed by atoms with van der Waals surface area (Å²) in [6.07, 6.45) is 3.57. The van der Waals surface area contributed by atoms with Crippen molar-refractivity contribution < 1.29 is 14.3 Å². The van der Waals surface area contributed by atoms with Gasteiger partial charge in [0, 0.05) is 6.42 Å². The molecule has 0 bridgehead atoms. The van der Waals surface area contributed by atoms with Crippen molar-refractivity contribution in [3.8, 4) is 0 Å². The smallest absolute Gasteiger partial charge is 0.305 e. The molecule has 0 unspecified atom stereocenters. The SMILES string of the molecule is C=COCCCCC(=O)OCC. The molecule has 0 heterocycles. The van der Waals surface area contributed by atoms with Crippen LogP contribution in [0, 0.1) is 0 Å². The van der Waals surface area contributed by atoms with Gasteiger partial charge in [-0.25, -0.2) is 0 Å². The first-order chi connectivity index (χ1) is 5.81. The van der Waals surface area contributed by atoms with Crippen molar-refractivity contribution in [2.24, 2.45) is 0 Å². The molecule has 0 atom stereocenters. The molecule has 70 valence electrons. The molecule has 0 saturated carbocycles. The van der Waals surface area contributed by atoms with Crippen LogP contribution in [0.1, 0.15) is 26.2 Å². The molecule has 12 heavy (non-hydrogen) atoms. The molecule has 0 aromatic rings. The van der Waals surface area contributed by atoms with Gasteiger partial charge in [-0.3, -0.25) is 4.79 Å². The highest BCUT2D eigenvalue weighted by Crippen LogP contribution is 1.97. The molecule has 0 N–H and O–H groups in total. The minimum absolute atomic E-state index is 0.129. The van der Waals surface area contributed by atoms with E-state index in [0.29, 0.717) is 19.6 Å². The molecule has 0 saturated heterocycles. The highest BCUT2D eigenvalue weighted by Gasteiger charge is 1.99. The Hall–Kier alpha value is -0.990. The van der Waals surface area contributed by atoms with Gasteiger partial charge in [0.15, 0.2) is 0 Å². The van der Waals surface area contributed by atoms with Gasteiger partial charge in [-0.15, -0.1) is 0 Å². The van der Waals surface area contributed by atoms with Gasteiger partial charge in [-0.05, 0) is 19.8 Å². The van der Waals surface area contributed by atoms with Crippen LogP contribution in [0.2, 0.25) is 0 Å². The summed E-state index contributed by atoms with van der Waals surface area (Å²) in [5.74, 6) is -0.129. The van der Waals surface area contributed by atoms with Gasteiger partial charge in [0.25, 0.3) is 0 Å². The average molecular weight is 172 g/mol. The van der Waals surface area contributed by atoms with Crippen molar-refractivity contribution in [2.45, 2.75) is 26.2 Å². The van der Waals surface area contributed by atoms with Crippen LogP contribution in [-0.4, -0.2) is 19.2 Å². The fourth-order valence-electron chi connectivity index (χ4n) is 0.771. The fourth-order valence-corrected chi connectivity index (χ4v) is 0.771. The molecule has 0 aliphatic carbocycles. The molecular weight excluding hydrogens is 156 g/mol. The molecule has 0 rings (SSSR count). The third-order valence-corrected chi connectivity index (χ3v) is 1.32. The predicted molar refractivity (Wildman–Crippen MR) is 46.6 cm³/mol. The largest absolute Gasteiger partial charge is 0.502 e. The zero-order chi connectivity index (χ0) is 9.23. The maximum absolute atomic E-state index is 10.8. The van der Waals surface area contributed by atoms with Gasteiger partial charge in [0.05, 0.1) is 19.5 Å². The topological polar surface area (TPSA) is 35.5 Å². The lowest BCUT2D eigenvalue weighted by Crippen LogP contribution is -2.03. The van der Waals surface area contributed by atoms with E-state index in [9.17, 15) is 4.79 Å². The van der Waals surface area contributed by atoms with E-state index in [-0.39, 0.29) is 5.97 Å². The molecule has 0 aliphatic rings. The molecule has 0 amide bonds. The first-order valence-corrected chi connectivity index (χ1v) is 4.19. The number of esters is 1. The van der Waals surface area contributed by atoms with E-state index in [4.69, 9.17) is 9.47 Å². The Labute approximate surface area is 73.4 Å². The zero-order valence-corrected chi connectivity index (χ0v) is 7.54. The Morgan fingerprint density at radius 1 is 1.50 bits per heavy atom. The second-order valence-corrected chi connectivity index (χ2v) is 2.30. The van der Waals surface area contributed by atoms with E-state index in [1.165, 1.54) is 6.26 Å². The van der Waals surface area contributed by atoms with E-state index in [1.54, 1.807) is 6.92 Å². The van der Waals surface area contributed by atoms with Crippen LogP contribution in [0.15, 0.2) is 12.8 Å². The van der Waals surface area contributed by atoms with Crippen molar-refractivity contribution in [2.75, 3.05) is 13.2 Å². The normalized spacial score (nSPS) is 9.08. The minimum atomic E-state index is -0.129. The van der Waals surface area contributed by atoms with Gasteiger partial charge in [0.2, 0.25) is 0 Å². The maximum atomic E-state index is 10.8. The summed E-state index contributed by atoms with van der Waals surface area (Å²) in [7, 11) is 0. The number of unbranched alkanes of at least 4 members (excludes halogenated alkanes) is 1. The van der Waals surface area contributed by atoms with E-state index in [1.807, 2.05) is 0 Å². The monoisotopic (exact) mass is 172 g/mol. The standard InChI is InChI=1S/C9H16O3/c1-3-11-8-6-5-7-9(10)12-4-2/h3H,1,4-8H2,2H3. The number of rotatable bonds is 7. The van der Waals surface area contributed by atoms with Gasteiger partial charge < -0.3 is 9.47 Å². The Balaban J connectivity index is 3.08. The van der Waals surface area contributed by atoms with Crippen LogP contribution in [0.5, 0.6) is 0 Å². The second kappa shape index (κ2) is 8.11. The predicted octanol–water partition coefficient (Wildman–Crippen LogP) is 1.88. The fraction of sp³-hybridized carbons (Fsp3) is 0.667. The van der Waals surface area contributed by atoms with Crippen LogP contribution in [-0.2, 0) is 14.3 Å². The highest BCUT2D eigenvalue weighted by atomic mass is 16.5. The summed E-state index contributed by atoms with van der Waals surface area (Å²) in [5.41, 5.74) is 0. The van der Waals surface area contributed by atoms with Crippen LogP contribution in [0.3, 0.4) is 0 Å². The number of hydrogen-bond acceptors (Lipinski definition) is 3. The van der Waals surface area contributed by atoms with Crippen molar-refractivity contribution >= 4 is 5.97 Å². The maximum Gasteiger partial charge on any atom is 0.305 e. The molecule has 3 heteroatoms. The minimum Gasteiger partial charge on any atom is -0.502 e. The van der Waals surface area contributed by atoms with Crippen LogP contribution < -0.4 is 0 Å². The van der Waals surface area contributed by atoms with Crippen molar-refractivity contribution in [1.82, 2.24) is 0 Å². The van der Waals surface area contributed by atoms with Gasteiger partial charge >= 0.3 is 5.97 Å². The van der Waals surface area contributed by atoms with Crippen LogP contribution >= 0.6 is 0 Å². The molecule has 0 aliphatic heterocycles. The summed E-state index contributed by atoms with van der Waals surface area (Å²) in [4.78, 5) is 10.8. The van der Waals surface area contributed by atoms with Gasteiger partial charge in [-0.2, -0.15) is 0 Å². The molecule has 0 radical (unpaired) electrons. The number of ether oxygens (including phenoxy) is 2. The Morgan fingerprint density at radius 3 is 2.83 bits per heavy atom. The van der Waals surface area contributed by atoms with Crippen molar-refractivity contribution in [1.29, 1.82) is 0 Å². The van der Waals surface area contributed by atoms with Crippen molar-refractivity contribution in [3.63, 3.8) is 0 Å². The quantitative estimate of drug-likeness (QED) is 0.334. The molecular formula is C9H16O3. The third-order valence-electron chi connectivity index (χ3n) is 1.32. The summed E-state index contributed by atoms with van der Waals surface area (Å²) >= 11 is 0. The summed E-state index contributed by atoms with van der Waals surface area (Å²) in [6.45, 7) is 6.30. The van der Waals surface area contributed by atoms with E-state index in [2.05, 4.69) is 6.58 Å². The second-order valence-electron chi connectivity index (χ2n) is 2.30. The first-order valence-electron chi connectivity index (χ1n) is 4.19. The molecule has 3 nitrogen and oxygen atoms in total. The lowest BCUT2D eigenvalue weighted by Gasteiger charge is -2.01. The van der Waals surface area contributed by atoms with E-state index >= 15 is 0 Å². The molecule has 0 fully saturated rings. The number of carbonyl (C=O) groups excluding carboxylic acids is 1. The van der Waals surface area contributed by atoms with E-state index < -0.39 is 0 Å². The lowest BCUT2D eigenvalue weighted by atomic mass is 10.2. The summed E-state index contributed by atoms with van der Waals surface area (Å²) in [5, 5.41) is 0. The van der Waals surface area contributed by atoms with Crippen LogP contribution in [0.25, 0.3) is 0 Å². The molecule has 0 aromatic carbocycles. The Kier molecular flexibility index (Phi) is 7.44. The van der Waals surface area contributed by atoms with Crippen LogP contribution in [0.4, 0.5) is 0 Å². The number of carbonyl (C=O) groups is 1. The molecule has 0 spiro atoms. The highest BCUT2D eigenvalue weighted by molar-refractivity contribution is 5.69. The van der Waals surface area contributed by atoms with Gasteiger partial charge in [0.1, 0.15) is 0 Å². The van der Waals surface area contributed by atoms with Gasteiger partial charge in [-0.1, -0.05) is 6.58 Å².